The molecule has 0 amide bonds. The molecule has 1 heteroatoms. The van der Waals surface area contributed by atoms with Crippen LogP contribution in [0.2, 0.25) is 0 Å². The van der Waals surface area contributed by atoms with Gasteiger partial charge in [-0.2, -0.15) is 0 Å². The Bertz CT molecular complexity index is 2490. The van der Waals surface area contributed by atoms with Gasteiger partial charge in [0.2, 0.25) is 0 Å². The Morgan fingerprint density at radius 1 is 0.348 bits per heavy atom. The molecule has 0 saturated heterocycles. The van der Waals surface area contributed by atoms with Crippen molar-refractivity contribution in [3.8, 4) is 33.4 Å². The van der Waals surface area contributed by atoms with Crippen molar-refractivity contribution >= 4 is 33.3 Å². The van der Waals surface area contributed by atoms with Crippen molar-refractivity contribution in [2.45, 2.75) is 15.2 Å². The molecule has 0 radical (unpaired) electrons. The third kappa shape index (κ3) is 3.58. The quantitative estimate of drug-likeness (QED) is 0.194. The zero-order chi connectivity index (χ0) is 30.2. The smallest absolute Gasteiger partial charge is 0.0713 e. The van der Waals surface area contributed by atoms with Crippen LogP contribution in [0, 0.1) is 0 Å². The van der Waals surface area contributed by atoms with Gasteiger partial charge in [0.1, 0.15) is 0 Å². The van der Waals surface area contributed by atoms with E-state index in [1.165, 1.54) is 87.0 Å². The average Bonchev–Trinajstić information content (AvgIpc) is 3.41. The summed E-state index contributed by atoms with van der Waals surface area (Å²) >= 11 is 1.89. The summed E-state index contributed by atoms with van der Waals surface area (Å²) in [7, 11) is 0. The maximum Gasteiger partial charge on any atom is 0.0713 e. The first-order valence-corrected chi connectivity index (χ1v) is 16.7. The van der Waals surface area contributed by atoms with Crippen molar-refractivity contribution in [3.05, 3.63) is 192 Å². The number of benzene rings is 8. The van der Waals surface area contributed by atoms with Crippen LogP contribution in [-0.4, -0.2) is 0 Å². The molecular weight excluding hydrogens is 573 g/mol. The molecule has 0 bridgehead atoms. The van der Waals surface area contributed by atoms with Crippen molar-refractivity contribution in [1.29, 1.82) is 0 Å². The summed E-state index contributed by atoms with van der Waals surface area (Å²) in [6.45, 7) is 0. The highest BCUT2D eigenvalue weighted by Gasteiger charge is 2.46. The minimum atomic E-state index is -0.417. The summed E-state index contributed by atoms with van der Waals surface area (Å²) in [5.41, 5.74) is 12.7. The highest BCUT2D eigenvalue weighted by atomic mass is 32.2. The third-order valence-electron chi connectivity index (χ3n) is 10.1. The van der Waals surface area contributed by atoms with Gasteiger partial charge in [0.05, 0.1) is 5.41 Å². The van der Waals surface area contributed by atoms with Gasteiger partial charge in [-0.3, -0.25) is 0 Å². The van der Waals surface area contributed by atoms with Crippen LogP contribution in [0.5, 0.6) is 0 Å². The maximum absolute atomic E-state index is 2.44. The van der Waals surface area contributed by atoms with E-state index in [0.717, 1.165) is 0 Å². The number of hydrogen-bond donors (Lipinski definition) is 0. The van der Waals surface area contributed by atoms with E-state index in [4.69, 9.17) is 0 Å². The van der Waals surface area contributed by atoms with Crippen LogP contribution in [0.15, 0.2) is 180 Å². The molecule has 46 heavy (non-hydrogen) atoms. The third-order valence-corrected chi connectivity index (χ3v) is 11.2. The van der Waals surface area contributed by atoms with Crippen molar-refractivity contribution in [1.82, 2.24) is 0 Å². The second-order valence-electron chi connectivity index (χ2n) is 12.5. The Balaban J connectivity index is 1.18. The standard InChI is InChI=1S/C45H28S/c1-2-14-34(15-3-1)45(40-19-8-6-16-36(40)39-26-30-11-4-5-12-31(30)27-41(39)45)35-23-21-29(22-24-35)33-25-32-13-10-18-38-37-17-7-9-20-42(37)46-43(28-33)44(32)38/h1-28H. The molecule has 0 nitrogen and oxygen atoms in total. The van der Waals surface area contributed by atoms with Crippen LogP contribution >= 0.6 is 11.8 Å². The lowest BCUT2D eigenvalue weighted by Gasteiger charge is -2.34. The number of hydrogen-bond acceptors (Lipinski definition) is 1. The fourth-order valence-corrected chi connectivity index (χ4v) is 9.30. The van der Waals surface area contributed by atoms with Crippen molar-refractivity contribution in [3.63, 3.8) is 0 Å². The van der Waals surface area contributed by atoms with E-state index < -0.39 is 5.41 Å². The largest absolute Gasteiger partial charge is 0.0888 e. The van der Waals surface area contributed by atoms with Gasteiger partial charge in [0.25, 0.3) is 0 Å². The molecule has 0 aromatic heterocycles. The fourth-order valence-electron chi connectivity index (χ4n) is 8.11. The minimum Gasteiger partial charge on any atom is -0.0888 e. The van der Waals surface area contributed by atoms with Crippen LogP contribution in [0.1, 0.15) is 22.3 Å². The molecule has 1 aliphatic carbocycles. The second-order valence-corrected chi connectivity index (χ2v) is 13.5. The molecular formula is C45H28S. The van der Waals surface area contributed by atoms with Gasteiger partial charge in [-0.25, -0.2) is 0 Å². The molecule has 1 aliphatic heterocycles. The van der Waals surface area contributed by atoms with Crippen LogP contribution in [0.25, 0.3) is 54.9 Å². The van der Waals surface area contributed by atoms with E-state index in [9.17, 15) is 0 Å². The minimum absolute atomic E-state index is 0.417. The molecule has 214 valence electrons. The second kappa shape index (κ2) is 9.81. The summed E-state index contributed by atoms with van der Waals surface area (Å²) in [6, 6.07) is 63.3. The topological polar surface area (TPSA) is 0 Å². The SMILES string of the molecule is c1ccc(C2(c3ccc(-c4cc5c6c(cccc6c4)-c4ccccc4S5)cc3)c3ccccc3-c3cc4ccccc4cc32)cc1. The summed E-state index contributed by atoms with van der Waals surface area (Å²) in [5, 5.41) is 5.21. The summed E-state index contributed by atoms with van der Waals surface area (Å²) in [5.74, 6) is 0. The first-order chi connectivity index (χ1) is 22.8. The Labute approximate surface area is 273 Å². The first-order valence-electron chi connectivity index (χ1n) is 15.9. The highest BCUT2D eigenvalue weighted by molar-refractivity contribution is 7.99. The Morgan fingerprint density at radius 2 is 1.00 bits per heavy atom. The van der Waals surface area contributed by atoms with Crippen molar-refractivity contribution in [2.24, 2.45) is 0 Å². The monoisotopic (exact) mass is 600 g/mol. The van der Waals surface area contributed by atoms with Crippen LogP contribution < -0.4 is 0 Å². The van der Waals surface area contributed by atoms with Crippen LogP contribution in [-0.2, 0) is 5.41 Å². The molecule has 1 atom stereocenters. The molecule has 10 rings (SSSR count). The van der Waals surface area contributed by atoms with E-state index in [2.05, 4.69) is 170 Å². The lowest BCUT2D eigenvalue weighted by molar-refractivity contribution is 0.769. The van der Waals surface area contributed by atoms with E-state index >= 15 is 0 Å². The summed E-state index contributed by atoms with van der Waals surface area (Å²) < 4.78 is 0. The molecule has 0 spiro atoms. The Kier molecular flexibility index (Phi) is 5.53. The molecule has 8 aromatic rings. The molecule has 8 aromatic carbocycles. The van der Waals surface area contributed by atoms with E-state index in [-0.39, 0.29) is 0 Å². The van der Waals surface area contributed by atoms with Crippen molar-refractivity contribution in [2.75, 3.05) is 0 Å². The Hall–Kier alpha value is -5.37. The van der Waals surface area contributed by atoms with Gasteiger partial charge >= 0.3 is 0 Å². The summed E-state index contributed by atoms with van der Waals surface area (Å²) in [4.78, 5) is 2.66. The van der Waals surface area contributed by atoms with E-state index in [1.807, 2.05) is 11.8 Å². The number of rotatable bonds is 3. The van der Waals surface area contributed by atoms with E-state index in [0.29, 0.717) is 0 Å². The molecule has 1 unspecified atom stereocenters. The molecule has 2 aliphatic rings. The summed E-state index contributed by atoms with van der Waals surface area (Å²) in [6.07, 6.45) is 0. The van der Waals surface area contributed by atoms with Gasteiger partial charge in [-0.1, -0.05) is 151 Å². The average molecular weight is 601 g/mol. The first kappa shape index (κ1) is 25.9. The normalized spacial score (nSPS) is 15.8. The number of fused-ring (bicyclic) bond motifs is 6. The zero-order valence-electron chi connectivity index (χ0n) is 25.1. The molecule has 0 saturated carbocycles. The van der Waals surface area contributed by atoms with Gasteiger partial charge < -0.3 is 0 Å². The van der Waals surface area contributed by atoms with Gasteiger partial charge in [0, 0.05) is 15.2 Å². The van der Waals surface area contributed by atoms with Crippen molar-refractivity contribution < 1.29 is 0 Å². The van der Waals surface area contributed by atoms with Crippen LogP contribution in [0.4, 0.5) is 0 Å². The molecule has 0 fully saturated rings. The van der Waals surface area contributed by atoms with Crippen LogP contribution in [0.3, 0.4) is 0 Å². The lowest BCUT2D eigenvalue weighted by atomic mass is 9.67. The molecule has 0 N–H and O–H groups in total. The van der Waals surface area contributed by atoms with Gasteiger partial charge in [-0.15, -0.1) is 0 Å². The maximum atomic E-state index is 2.44. The zero-order valence-corrected chi connectivity index (χ0v) is 25.9. The van der Waals surface area contributed by atoms with Gasteiger partial charge in [0.15, 0.2) is 0 Å². The van der Waals surface area contributed by atoms with E-state index in [1.54, 1.807) is 0 Å². The predicted molar refractivity (Wildman–Crippen MR) is 194 cm³/mol. The Morgan fingerprint density at radius 3 is 1.85 bits per heavy atom. The fraction of sp³-hybridized carbons (Fsp3) is 0.0222. The lowest BCUT2D eigenvalue weighted by Crippen LogP contribution is -2.28. The highest BCUT2D eigenvalue weighted by Crippen LogP contribution is 2.57. The predicted octanol–water partition coefficient (Wildman–Crippen LogP) is 12.2. The van der Waals surface area contributed by atoms with Gasteiger partial charge in [-0.05, 0) is 102 Å². The molecule has 1 heterocycles.